The number of benzene rings is 4. The zero-order valence-electron chi connectivity index (χ0n) is 25.1. The number of nitrogens with one attached hydrogen (secondary N) is 1. The molecular weight excluding hydrogens is 533 g/mol. The molecule has 0 atom stereocenters. The molecule has 1 aromatic heterocycles. The summed E-state index contributed by atoms with van der Waals surface area (Å²) < 4.78 is 16.3. The second-order valence-electron chi connectivity index (χ2n) is 12.0. The normalized spacial score (nSPS) is 14.4. The summed E-state index contributed by atoms with van der Waals surface area (Å²) in [6.07, 6.45) is 4.24. The molecule has 2 heterocycles. The van der Waals surface area contributed by atoms with E-state index in [9.17, 15) is 9.18 Å². The Hall–Kier alpha value is -4.22. The third-order valence-electron chi connectivity index (χ3n) is 8.75. The Morgan fingerprint density at radius 2 is 1.60 bits per heavy atom. The Bertz CT molecular complexity index is 1680. The van der Waals surface area contributed by atoms with Crippen LogP contribution in [0.4, 0.5) is 10.1 Å². The van der Waals surface area contributed by atoms with Crippen LogP contribution in [0.25, 0.3) is 27.8 Å². The van der Waals surface area contributed by atoms with Crippen molar-refractivity contribution in [3.63, 3.8) is 0 Å². The topological polar surface area (TPSA) is 37.3 Å². The molecule has 5 heteroatoms. The van der Waals surface area contributed by atoms with E-state index >= 15 is 0 Å². The quantitative estimate of drug-likeness (QED) is 0.191. The third-order valence-corrected chi connectivity index (χ3v) is 8.75. The average Bonchev–Trinajstić information content (AvgIpc) is 3.36. The predicted octanol–water partition coefficient (Wildman–Crippen LogP) is 8.84. The Morgan fingerprint density at radius 1 is 0.884 bits per heavy atom. The number of halogens is 1. The summed E-state index contributed by atoms with van der Waals surface area (Å²) in [5, 5.41) is 4.31. The van der Waals surface area contributed by atoms with Gasteiger partial charge in [-0.3, -0.25) is 4.79 Å². The van der Waals surface area contributed by atoms with Crippen LogP contribution in [0.2, 0.25) is 0 Å². The van der Waals surface area contributed by atoms with Crippen molar-refractivity contribution in [2.45, 2.75) is 45.4 Å². The maximum absolute atomic E-state index is 13.9. The zero-order valence-corrected chi connectivity index (χ0v) is 25.1. The van der Waals surface area contributed by atoms with Gasteiger partial charge in [0.15, 0.2) is 0 Å². The van der Waals surface area contributed by atoms with Gasteiger partial charge in [-0.05, 0) is 123 Å². The van der Waals surface area contributed by atoms with Gasteiger partial charge in [-0.2, -0.15) is 0 Å². The number of likely N-dealkylation sites (tertiary alicyclic amines) is 1. The highest BCUT2D eigenvalue weighted by atomic mass is 19.1. The number of fused-ring (bicyclic) bond motifs is 1. The van der Waals surface area contributed by atoms with Gasteiger partial charge in [0.05, 0.1) is 11.2 Å². The van der Waals surface area contributed by atoms with Crippen molar-refractivity contribution in [2.24, 2.45) is 5.92 Å². The van der Waals surface area contributed by atoms with E-state index in [0.29, 0.717) is 5.92 Å². The average molecular weight is 574 g/mol. The molecule has 1 fully saturated rings. The van der Waals surface area contributed by atoms with Gasteiger partial charge in [-0.15, -0.1) is 0 Å². The molecule has 0 saturated carbocycles. The molecule has 220 valence electrons. The Morgan fingerprint density at radius 3 is 2.35 bits per heavy atom. The highest BCUT2D eigenvalue weighted by Crippen LogP contribution is 2.37. The lowest BCUT2D eigenvalue weighted by Crippen LogP contribution is -2.33. The number of carbonyl (C=O) groups is 1. The van der Waals surface area contributed by atoms with Gasteiger partial charge in [-0.1, -0.05) is 62.4 Å². The smallest absolute Gasteiger partial charge is 0.226 e. The largest absolute Gasteiger partial charge is 0.326 e. The van der Waals surface area contributed by atoms with Crippen LogP contribution in [-0.2, 0) is 11.2 Å². The van der Waals surface area contributed by atoms with Crippen LogP contribution in [0.3, 0.4) is 0 Å². The molecule has 4 nitrogen and oxygen atoms in total. The first-order valence-electron chi connectivity index (χ1n) is 15.5. The van der Waals surface area contributed by atoms with Gasteiger partial charge in [0.1, 0.15) is 5.82 Å². The Labute approximate surface area is 254 Å². The number of carbonyl (C=O) groups excluding carboxylic acids is 1. The molecule has 0 spiro atoms. The molecular formula is C38H40FN3O. The van der Waals surface area contributed by atoms with E-state index in [2.05, 4.69) is 81.5 Å². The van der Waals surface area contributed by atoms with Crippen molar-refractivity contribution in [2.75, 3.05) is 25.0 Å². The maximum Gasteiger partial charge on any atom is 0.226 e. The fourth-order valence-corrected chi connectivity index (χ4v) is 6.44. The van der Waals surface area contributed by atoms with Crippen LogP contribution >= 0.6 is 0 Å². The van der Waals surface area contributed by atoms with E-state index in [0.717, 1.165) is 67.9 Å². The molecule has 1 N–H and O–H groups in total. The molecule has 1 aliphatic rings. The summed E-state index contributed by atoms with van der Waals surface area (Å²) in [5.74, 6) is 0.319. The van der Waals surface area contributed by atoms with Crippen LogP contribution in [0.15, 0.2) is 103 Å². The molecule has 1 saturated heterocycles. The second kappa shape index (κ2) is 13.0. The number of hydrogen-bond acceptors (Lipinski definition) is 2. The van der Waals surface area contributed by atoms with E-state index in [4.69, 9.17) is 0 Å². The number of amides is 1. The number of aryl methyl sites for hydroxylation is 1. The highest BCUT2D eigenvalue weighted by molar-refractivity contribution is 5.94. The molecule has 43 heavy (non-hydrogen) atoms. The van der Waals surface area contributed by atoms with Gasteiger partial charge in [-0.25, -0.2) is 4.39 Å². The standard InChI is InChI=1S/C38H40FN3O/c1-27(2)38(43)40-32-11-8-10-30(26-32)28-21-24-41(25-22-28)23-9-15-35-34-14-6-7-16-36(34)42(33-12-4-3-5-13-33)37(35)29-17-19-31(39)20-18-29/h3-8,10-14,16-20,26-28H,9,15,21-25H2,1-2H3,(H,40,43). The Balaban J connectivity index is 1.17. The molecule has 0 radical (unpaired) electrons. The molecule has 1 amide bonds. The number of piperidine rings is 1. The van der Waals surface area contributed by atoms with Crippen LogP contribution < -0.4 is 5.32 Å². The van der Waals surface area contributed by atoms with Gasteiger partial charge in [0.2, 0.25) is 5.91 Å². The van der Waals surface area contributed by atoms with Crippen molar-refractivity contribution >= 4 is 22.5 Å². The SMILES string of the molecule is CC(C)C(=O)Nc1cccc(C2CCN(CCCc3c(-c4ccc(F)cc4)n(-c4ccccc4)c4ccccc34)CC2)c1. The number of nitrogens with zero attached hydrogens (tertiary/aromatic N) is 2. The minimum Gasteiger partial charge on any atom is -0.326 e. The minimum absolute atomic E-state index is 0.0337. The van der Waals surface area contributed by atoms with E-state index in [-0.39, 0.29) is 17.6 Å². The number of aromatic nitrogens is 1. The van der Waals surface area contributed by atoms with Crippen LogP contribution in [0, 0.1) is 11.7 Å². The fraction of sp³-hybridized carbons (Fsp3) is 0.289. The predicted molar refractivity (Wildman–Crippen MR) is 175 cm³/mol. The lowest BCUT2D eigenvalue weighted by atomic mass is 9.89. The fourth-order valence-electron chi connectivity index (χ4n) is 6.44. The maximum atomic E-state index is 13.9. The molecule has 5 aromatic rings. The van der Waals surface area contributed by atoms with E-state index in [1.54, 1.807) is 12.1 Å². The van der Waals surface area contributed by atoms with Crippen molar-refractivity contribution in [3.8, 4) is 16.9 Å². The number of anilines is 1. The lowest BCUT2D eigenvalue weighted by Gasteiger charge is -2.32. The first-order chi connectivity index (χ1) is 21.0. The number of rotatable bonds is 9. The van der Waals surface area contributed by atoms with E-state index in [1.807, 2.05) is 38.1 Å². The first-order valence-corrected chi connectivity index (χ1v) is 15.5. The molecule has 6 rings (SSSR count). The zero-order chi connectivity index (χ0) is 29.8. The summed E-state index contributed by atoms with van der Waals surface area (Å²) in [4.78, 5) is 14.8. The van der Waals surface area contributed by atoms with Gasteiger partial charge in [0.25, 0.3) is 0 Å². The van der Waals surface area contributed by atoms with Gasteiger partial charge >= 0.3 is 0 Å². The van der Waals surface area contributed by atoms with Gasteiger partial charge < -0.3 is 14.8 Å². The van der Waals surface area contributed by atoms with Crippen LogP contribution in [-0.4, -0.2) is 35.0 Å². The molecule has 0 bridgehead atoms. The lowest BCUT2D eigenvalue weighted by molar-refractivity contribution is -0.118. The summed E-state index contributed by atoms with van der Waals surface area (Å²) in [7, 11) is 0. The molecule has 1 aliphatic heterocycles. The summed E-state index contributed by atoms with van der Waals surface area (Å²) in [5.41, 5.74) is 8.00. The van der Waals surface area contributed by atoms with Crippen LogP contribution in [0.1, 0.15) is 50.2 Å². The first kappa shape index (κ1) is 28.9. The summed E-state index contributed by atoms with van der Waals surface area (Å²) in [6.45, 7) is 7.03. The van der Waals surface area contributed by atoms with E-state index < -0.39 is 0 Å². The monoisotopic (exact) mass is 573 g/mol. The summed E-state index contributed by atoms with van der Waals surface area (Å²) in [6, 6.07) is 34.4. The van der Waals surface area contributed by atoms with Crippen molar-refractivity contribution in [1.29, 1.82) is 0 Å². The van der Waals surface area contributed by atoms with Crippen LogP contribution in [0.5, 0.6) is 0 Å². The minimum atomic E-state index is -0.219. The molecule has 4 aromatic carbocycles. The highest BCUT2D eigenvalue weighted by Gasteiger charge is 2.23. The van der Waals surface area contributed by atoms with Crippen molar-refractivity contribution in [3.05, 3.63) is 120 Å². The Kier molecular flexibility index (Phi) is 8.71. The molecule has 0 unspecified atom stereocenters. The third kappa shape index (κ3) is 6.42. The van der Waals surface area contributed by atoms with Gasteiger partial charge in [0, 0.05) is 22.7 Å². The number of para-hydroxylation sites is 2. The van der Waals surface area contributed by atoms with Crippen molar-refractivity contribution < 1.29 is 9.18 Å². The molecule has 0 aliphatic carbocycles. The van der Waals surface area contributed by atoms with Crippen molar-refractivity contribution in [1.82, 2.24) is 9.47 Å². The summed E-state index contributed by atoms with van der Waals surface area (Å²) >= 11 is 0. The number of hydrogen-bond donors (Lipinski definition) is 1. The van der Waals surface area contributed by atoms with E-state index in [1.165, 1.54) is 22.0 Å². The second-order valence-corrected chi connectivity index (χ2v) is 12.0.